The van der Waals surface area contributed by atoms with Gasteiger partial charge in [-0.2, -0.15) is 16.7 Å². The number of nitrogens with two attached hydrogens (primary N) is 1. The second kappa shape index (κ2) is 5.47. The Morgan fingerprint density at radius 3 is 3.19 bits per heavy atom. The van der Waals surface area contributed by atoms with Crippen molar-refractivity contribution in [3.8, 4) is 10.7 Å². The van der Waals surface area contributed by atoms with Crippen molar-refractivity contribution in [1.29, 1.82) is 0 Å². The molecule has 0 saturated carbocycles. The van der Waals surface area contributed by atoms with E-state index in [-0.39, 0.29) is 6.04 Å². The lowest BCUT2D eigenvalue weighted by atomic mass is 10.2. The molecule has 2 N–H and O–H groups in total. The van der Waals surface area contributed by atoms with Crippen molar-refractivity contribution >= 4 is 23.1 Å². The minimum Gasteiger partial charge on any atom is -0.337 e. The average Bonchev–Trinajstić information content (AvgIpc) is 2.94. The number of aromatic nitrogens is 2. The quantitative estimate of drug-likeness (QED) is 0.889. The number of rotatable bonds is 5. The molecule has 2 rings (SSSR count). The molecule has 0 amide bonds. The van der Waals surface area contributed by atoms with Crippen molar-refractivity contribution in [2.75, 3.05) is 12.0 Å². The summed E-state index contributed by atoms with van der Waals surface area (Å²) >= 11 is 3.35. The summed E-state index contributed by atoms with van der Waals surface area (Å²) < 4.78 is 5.16. The van der Waals surface area contributed by atoms with Crippen LogP contribution in [0.3, 0.4) is 0 Å². The molecule has 0 spiro atoms. The first-order chi connectivity index (χ1) is 7.81. The molecule has 16 heavy (non-hydrogen) atoms. The fourth-order valence-electron chi connectivity index (χ4n) is 1.26. The van der Waals surface area contributed by atoms with Gasteiger partial charge in [-0.3, -0.25) is 0 Å². The molecule has 1 atom stereocenters. The normalized spacial score (nSPS) is 12.9. The Balaban J connectivity index is 2.07. The molecule has 0 bridgehead atoms. The number of nitrogens with zero attached hydrogens (tertiary/aromatic N) is 2. The highest BCUT2D eigenvalue weighted by atomic mass is 32.2. The number of thioether (sulfide) groups is 1. The highest BCUT2D eigenvalue weighted by Crippen LogP contribution is 2.23. The van der Waals surface area contributed by atoms with Crippen molar-refractivity contribution in [2.24, 2.45) is 5.73 Å². The number of hydrogen-bond acceptors (Lipinski definition) is 6. The van der Waals surface area contributed by atoms with Gasteiger partial charge in [0.2, 0.25) is 11.7 Å². The average molecular weight is 255 g/mol. The molecule has 6 heteroatoms. The third kappa shape index (κ3) is 2.63. The van der Waals surface area contributed by atoms with Crippen molar-refractivity contribution in [1.82, 2.24) is 10.1 Å². The summed E-state index contributed by atoms with van der Waals surface area (Å²) in [5.74, 6) is 2.15. The number of thiophene rings is 1. The molecule has 0 aromatic carbocycles. The maximum absolute atomic E-state index is 5.94. The minimum absolute atomic E-state index is 0.159. The Bertz CT molecular complexity index is 427. The topological polar surface area (TPSA) is 64.9 Å². The molecule has 4 nitrogen and oxygen atoms in total. The van der Waals surface area contributed by atoms with Gasteiger partial charge >= 0.3 is 0 Å². The zero-order valence-electron chi connectivity index (χ0n) is 8.92. The van der Waals surface area contributed by atoms with E-state index in [4.69, 9.17) is 10.3 Å². The summed E-state index contributed by atoms with van der Waals surface area (Å²) in [6.45, 7) is 0. The van der Waals surface area contributed by atoms with Crippen LogP contribution in [0.2, 0.25) is 0 Å². The van der Waals surface area contributed by atoms with Gasteiger partial charge in [0.15, 0.2) is 0 Å². The van der Waals surface area contributed by atoms with Crippen LogP contribution in [0.4, 0.5) is 0 Å². The fourth-order valence-corrected chi connectivity index (χ4v) is 2.40. The van der Waals surface area contributed by atoms with E-state index in [1.807, 2.05) is 17.5 Å². The van der Waals surface area contributed by atoms with Crippen LogP contribution in [0.15, 0.2) is 22.0 Å². The summed E-state index contributed by atoms with van der Waals surface area (Å²) in [5, 5.41) is 5.91. The first-order valence-electron chi connectivity index (χ1n) is 4.93. The van der Waals surface area contributed by atoms with E-state index >= 15 is 0 Å². The Morgan fingerprint density at radius 1 is 1.62 bits per heavy atom. The Morgan fingerprint density at radius 2 is 2.50 bits per heavy atom. The van der Waals surface area contributed by atoms with Crippen LogP contribution >= 0.6 is 23.1 Å². The molecule has 86 valence electrons. The van der Waals surface area contributed by atoms with Crippen molar-refractivity contribution in [2.45, 2.75) is 12.5 Å². The first kappa shape index (κ1) is 11.6. The Hall–Kier alpha value is -0.850. The Kier molecular flexibility index (Phi) is 3.98. The van der Waals surface area contributed by atoms with Crippen LogP contribution in [0.25, 0.3) is 10.7 Å². The van der Waals surface area contributed by atoms with E-state index in [9.17, 15) is 0 Å². The largest absolute Gasteiger partial charge is 0.337 e. The third-order valence-corrected chi connectivity index (χ3v) is 3.64. The maximum atomic E-state index is 5.94. The van der Waals surface area contributed by atoms with Gasteiger partial charge in [0, 0.05) is 0 Å². The predicted octanol–water partition coefficient (Wildman–Crippen LogP) is 2.55. The minimum atomic E-state index is -0.159. The second-order valence-corrected chi connectivity index (χ2v) is 5.25. The lowest BCUT2D eigenvalue weighted by Gasteiger charge is -2.03. The van der Waals surface area contributed by atoms with Crippen LogP contribution in [0.5, 0.6) is 0 Å². The summed E-state index contributed by atoms with van der Waals surface area (Å²) in [5.41, 5.74) is 5.94. The third-order valence-electron chi connectivity index (χ3n) is 2.13. The summed E-state index contributed by atoms with van der Waals surface area (Å²) in [6, 6.07) is 3.77. The fraction of sp³-hybridized carbons (Fsp3) is 0.400. The van der Waals surface area contributed by atoms with Crippen LogP contribution < -0.4 is 5.73 Å². The molecule has 2 aromatic heterocycles. The van der Waals surface area contributed by atoms with Crippen molar-refractivity contribution < 1.29 is 4.52 Å². The number of hydrogen-bond donors (Lipinski definition) is 1. The lowest BCUT2D eigenvalue weighted by molar-refractivity contribution is 0.353. The van der Waals surface area contributed by atoms with E-state index in [1.54, 1.807) is 23.1 Å². The van der Waals surface area contributed by atoms with Gasteiger partial charge in [-0.25, -0.2) is 0 Å². The van der Waals surface area contributed by atoms with Gasteiger partial charge in [0.1, 0.15) is 0 Å². The predicted molar refractivity (Wildman–Crippen MR) is 67.5 cm³/mol. The first-order valence-corrected chi connectivity index (χ1v) is 7.20. The second-order valence-electron chi connectivity index (χ2n) is 3.32. The zero-order valence-corrected chi connectivity index (χ0v) is 10.6. The van der Waals surface area contributed by atoms with E-state index in [1.165, 1.54) is 0 Å². The molecule has 0 fully saturated rings. The van der Waals surface area contributed by atoms with Gasteiger partial charge in [-0.05, 0) is 29.9 Å². The summed E-state index contributed by atoms with van der Waals surface area (Å²) in [4.78, 5) is 5.31. The summed E-state index contributed by atoms with van der Waals surface area (Å²) in [7, 11) is 0. The highest BCUT2D eigenvalue weighted by Gasteiger charge is 2.15. The van der Waals surface area contributed by atoms with Crippen molar-refractivity contribution in [3.63, 3.8) is 0 Å². The van der Waals surface area contributed by atoms with Gasteiger partial charge in [0.25, 0.3) is 0 Å². The smallest absolute Gasteiger partial charge is 0.243 e. The van der Waals surface area contributed by atoms with Crippen LogP contribution in [0, 0.1) is 0 Å². The van der Waals surface area contributed by atoms with Gasteiger partial charge in [0.05, 0.1) is 10.9 Å². The molecular weight excluding hydrogens is 242 g/mol. The Labute approximate surface area is 102 Å². The monoisotopic (exact) mass is 255 g/mol. The van der Waals surface area contributed by atoms with Crippen LogP contribution in [0.1, 0.15) is 18.4 Å². The van der Waals surface area contributed by atoms with Gasteiger partial charge in [-0.15, -0.1) is 11.3 Å². The highest BCUT2D eigenvalue weighted by molar-refractivity contribution is 7.98. The van der Waals surface area contributed by atoms with E-state index in [2.05, 4.69) is 16.4 Å². The molecule has 2 aromatic rings. The zero-order chi connectivity index (χ0) is 11.4. The molecule has 0 aliphatic heterocycles. The SMILES string of the molecule is CSCC[C@H](N)c1nc(-c2cccs2)no1. The molecule has 0 saturated heterocycles. The van der Waals surface area contributed by atoms with Gasteiger partial charge < -0.3 is 10.3 Å². The molecule has 0 unspecified atom stereocenters. The van der Waals surface area contributed by atoms with E-state index in [0.29, 0.717) is 11.7 Å². The van der Waals surface area contributed by atoms with E-state index in [0.717, 1.165) is 17.1 Å². The summed E-state index contributed by atoms with van der Waals surface area (Å²) in [6.07, 6.45) is 2.91. The molecule has 0 aliphatic carbocycles. The van der Waals surface area contributed by atoms with Gasteiger partial charge in [-0.1, -0.05) is 11.2 Å². The molecule has 2 heterocycles. The lowest BCUT2D eigenvalue weighted by Crippen LogP contribution is -2.11. The molecule has 0 aliphatic rings. The van der Waals surface area contributed by atoms with Crippen LogP contribution in [-0.2, 0) is 0 Å². The maximum Gasteiger partial charge on any atom is 0.243 e. The standard InChI is InChI=1S/C10H13N3OS2/c1-15-6-4-7(11)10-12-9(13-14-10)8-3-2-5-16-8/h2-3,5,7H,4,6,11H2,1H3/t7-/m0/s1. The van der Waals surface area contributed by atoms with E-state index < -0.39 is 0 Å². The van der Waals surface area contributed by atoms with Crippen molar-refractivity contribution in [3.05, 3.63) is 23.4 Å². The molecule has 0 radical (unpaired) electrons. The molecular formula is C10H13N3OS2. The van der Waals surface area contributed by atoms with Crippen LogP contribution in [-0.4, -0.2) is 22.1 Å².